The molecular weight excluding hydrogens is 611 g/mol. The number of aryl methyl sites for hydroxylation is 1. The van der Waals surface area contributed by atoms with Crippen molar-refractivity contribution in [1.82, 2.24) is 4.98 Å². The maximum Gasteiger partial charge on any atom is 0.192 e. The third-order valence-corrected chi connectivity index (χ3v) is 16.2. The van der Waals surface area contributed by atoms with Crippen LogP contribution in [0, 0.1) is 24.2 Å². The molecule has 2 heterocycles. The molecule has 6 nitrogen and oxygen atoms in total. The highest BCUT2D eigenvalue weighted by molar-refractivity contribution is 7.09. The molecule has 1 aliphatic heterocycles. The van der Waals surface area contributed by atoms with Crippen LogP contribution in [-0.2, 0) is 18.7 Å². The Balaban J connectivity index is 1.58. The van der Waals surface area contributed by atoms with Gasteiger partial charge in [0, 0.05) is 17.7 Å². The number of carbonyl (C=O) groups is 1. The van der Waals surface area contributed by atoms with Crippen LogP contribution in [0.1, 0.15) is 132 Å². The van der Waals surface area contributed by atoms with Gasteiger partial charge < -0.3 is 19.0 Å². The zero-order chi connectivity index (χ0) is 34.9. The maximum atomic E-state index is 13.8. The summed E-state index contributed by atoms with van der Waals surface area (Å²) in [5.74, 6) is -1.07. The van der Waals surface area contributed by atoms with E-state index in [1.54, 1.807) is 11.3 Å². The largest absolute Gasteiger partial charge is 0.410 e. The Morgan fingerprint density at radius 1 is 1.20 bits per heavy atom. The Hall–Kier alpha value is -1.16. The third kappa shape index (κ3) is 10.2. The highest BCUT2D eigenvalue weighted by atomic mass is 32.1. The Kier molecular flexibility index (Phi) is 12.6. The molecule has 1 saturated heterocycles. The molecule has 2 aliphatic rings. The first kappa shape index (κ1) is 39.3. The summed E-state index contributed by atoms with van der Waals surface area (Å²) < 4.78 is 19.4. The average Bonchev–Trinajstić information content (AvgIpc) is 3.53. The smallest absolute Gasteiger partial charge is 0.192 e. The fourth-order valence-electron chi connectivity index (χ4n) is 6.47. The van der Waals surface area contributed by atoms with Gasteiger partial charge in [-0.05, 0) is 109 Å². The number of carbonyl (C=O) groups excluding carboxylic acids is 1. The topological polar surface area (TPSA) is 77.9 Å². The molecule has 8 heteroatoms. The van der Waals surface area contributed by atoms with Crippen molar-refractivity contribution in [3.63, 3.8) is 0 Å². The molecule has 1 N–H and O–H groups in total. The first-order valence-corrected chi connectivity index (χ1v) is 21.3. The predicted octanol–water partition coefficient (Wildman–Crippen LogP) is 10.1. The molecule has 1 saturated carbocycles. The zero-order valence-corrected chi connectivity index (χ0v) is 33.3. The van der Waals surface area contributed by atoms with Crippen LogP contribution >= 0.6 is 11.3 Å². The highest BCUT2D eigenvalue weighted by Crippen LogP contribution is 2.53. The van der Waals surface area contributed by atoms with E-state index in [0.29, 0.717) is 0 Å². The van der Waals surface area contributed by atoms with E-state index in [4.69, 9.17) is 13.9 Å². The molecule has 0 bridgehead atoms. The summed E-state index contributed by atoms with van der Waals surface area (Å²) in [6.07, 6.45) is 10.00. The second kappa shape index (κ2) is 14.8. The first-order valence-electron chi connectivity index (χ1n) is 17.5. The molecule has 1 aromatic rings. The third-order valence-electron chi connectivity index (χ3n) is 10.9. The second-order valence-corrected chi connectivity index (χ2v) is 22.9. The van der Waals surface area contributed by atoms with Gasteiger partial charge in [0.2, 0.25) is 0 Å². The van der Waals surface area contributed by atoms with Crippen LogP contribution in [0.3, 0.4) is 0 Å². The summed E-state index contributed by atoms with van der Waals surface area (Å²) in [5, 5.41) is 14.6. The monoisotopic (exact) mass is 675 g/mol. The number of hydrogen-bond donors (Lipinski definition) is 1. The first-order chi connectivity index (χ1) is 21.0. The summed E-state index contributed by atoms with van der Waals surface area (Å²) in [7, 11) is -1.98. The van der Waals surface area contributed by atoms with Crippen molar-refractivity contribution in [2.24, 2.45) is 17.3 Å². The lowest BCUT2D eigenvalue weighted by Gasteiger charge is -2.47. The number of allylic oxidation sites excluding steroid dienone is 1. The minimum Gasteiger partial charge on any atom is -0.410 e. The Bertz CT molecular complexity index is 1250. The molecule has 0 aromatic carbocycles. The summed E-state index contributed by atoms with van der Waals surface area (Å²) in [5.41, 5.74) is 2.70. The summed E-state index contributed by atoms with van der Waals surface area (Å²) in [6, 6.07) is 0. The van der Waals surface area contributed by atoms with E-state index >= 15 is 0 Å². The molecule has 5 atom stereocenters. The van der Waals surface area contributed by atoms with Crippen molar-refractivity contribution in [1.29, 1.82) is 0 Å². The number of thiazole rings is 1. The molecule has 0 radical (unpaired) electrons. The number of ether oxygens (including phenoxy) is 2. The molecule has 2 fully saturated rings. The number of aliphatic hydroxyl groups is 1. The number of rotatable bonds is 15. The lowest BCUT2D eigenvalue weighted by atomic mass is 9.72. The molecular formula is C38H65NO5SSi. The van der Waals surface area contributed by atoms with E-state index < -0.39 is 31.5 Å². The van der Waals surface area contributed by atoms with Gasteiger partial charge in [0.1, 0.15) is 5.78 Å². The van der Waals surface area contributed by atoms with Gasteiger partial charge in [-0.2, -0.15) is 0 Å². The highest BCUT2D eigenvalue weighted by Gasteiger charge is 2.58. The molecule has 1 aliphatic carbocycles. The minimum atomic E-state index is -1.98. The van der Waals surface area contributed by atoms with E-state index in [1.807, 2.05) is 41.5 Å². The number of Topliss-reactive ketones (excluding diaryl/α,β-unsaturated/α-hetero) is 1. The maximum absolute atomic E-state index is 13.8. The molecule has 46 heavy (non-hydrogen) atoms. The van der Waals surface area contributed by atoms with Crippen LogP contribution < -0.4 is 0 Å². The number of nitrogens with zero attached hydrogens (tertiary/aromatic N) is 1. The van der Waals surface area contributed by atoms with E-state index in [2.05, 4.69) is 77.2 Å². The number of hydrogen-bond acceptors (Lipinski definition) is 7. The molecule has 0 amide bonds. The van der Waals surface area contributed by atoms with Gasteiger partial charge in [0.25, 0.3) is 0 Å². The second-order valence-electron chi connectivity index (χ2n) is 17.1. The van der Waals surface area contributed by atoms with Crippen LogP contribution in [0.15, 0.2) is 22.6 Å². The van der Waals surface area contributed by atoms with Gasteiger partial charge in [-0.1, -0.05) is 60.1 Å². The summed E-state index contributed by atoms with van der Waals surface area (Å²) in [6.45, 7) is 29.7. The molecule has 0 unspecified atom stereocenters. The van der Waals surface area contributed by atoms with Crippen LogP contribution in [-0.4, -0.2) is 53.9 Å². The summed E-state index contributed by atoms with van der Waals surface area (Å²) in [4.78, 5) is 18.5. The minimum absolute atomic E-state index is 0.00823. The normalized spacial score (nSPS) is 23.2. The van der Waals surface area contributed by atoms with Crippen LogP contribution in [0.2, 0.25) is 18.1 Å². The summed E-state index contributed by atoms with van der Waals surface area (Å²) >= 11 is 1.67. The zero-order valence-electron chi connectivity index (χ0n) is 31.5. The molecule has 1 aromatic heterocycles. The lowest BCUT2D eigenvalue weighted by molar-refractivity contribution is -0.322. The fraction of sp³-hybridized carbons (Fsp3) is 0.789. The average molecular weight is 676 g/mol. The number of ketones is 1. The van der Waals surface area contributed by atoms with Gasteiger partial charge in [-0.25, -0.2) is 4.98 Å². The lowest BCUT2D eigenvalue weighted by Crippen LogP contribution is -2.54. The van der Waals surface area contributed by atoms with Crippen molar-refractivity contribution in [2.45, 2.75) is 176 Å². The van der Waals surface area contributed by atoms with Crippen molar-refractivity contribution < 1.29 is 23.8 Å². The van der Waals surface area contributed by atoms with E-state index in [-0.39, 0.29) is 34.5 Å². The van der Waals surface area contributed by atoms with Crippen molar-refractivity contribution in [3.05, 3.63) is 33.3 Å². The van der Waals surface area contributed by atoms with E-state index in [9.17, 15) is 9.90 Å². The van der Waals surface area contributed by atoms with Crippen LogP contribution in [0.4, 0.5) is 0 Å². The molecule has 3 rings (SSSR count). The van der Waals surface area contributed by atoms with Gasteiger partial charge in [0.05, 0.1) is 40.0 Å². The van der Waals surface area contributed by atoms with E-state index in [0.717, 1.165) is 55.6 Å². The predicted molar refractivity (Wildman–Crippen MR) is 195 cm³/mol. The number of aromatic nitrogens is 1. The molecule has 262 valence electrons. The quantitative estimate of drug-likeness (QED) is 0.147. The van der Waals surface area contributed by atoms with Crippen LogP contribution in [0.5, 0.6) is 0 Å². The Morgan fingerprint density at radius 3 is 2.37 bits per heavy atom. The Labute approximate surface area is 285 Å². The SMILES string of the molecule is C/C(=C/C[C@H](O[Si](C)(C)C(C)(C)C)/C(C)=C/c1csc(C)n1)CCC[C@H](C)[C@H](O)[C@@H](C)C(=O)C(C)(C)[C@@H]1CC2(CC2)OC(C)(C)O1. The Morgan fingerprint density at radius 2 is 1.83 bits per heavy atom. The van der Waals surface area contributed by atoms with Gasteiger partial charge in [-0.3, -0.25) is 4.79 Å². The van der Waals surface area contributed by atoms with Crippen molar-refractivity contribution in [3.8, 4) is 0 Å². The molecule has 1 spiro atoms. The fourth-order valence-corrected chi connectivity index (χ4v) is 8.38. The van der Waals surface area contributed by atoms with Crippen molar-refractivity contribution >= 4 is 31.5 Å². The van der Waals surface area contributed by atoms with Crippen molar-refractivity contribution in [2.75, 3.05) is 0 Å². The van der Waals surface area contributed by atoms with E-state index in [1.165, 1.54) is 11.1 Å². The van der Waals surface area contributed by atoms with Gasteiger partial charge in [0.15, 0.2) is 14.1 Å². The van der Waals surface area contributed by atoms with Gasteiger partial charge in [-0.15, -0.1) is 11.3 Å². The number of aliphatic hydroxyl groups excluding tert-OH is 1. The van der Waals surface area contributed by atoms with Crippen LogP contribution in [0.25, 0.3) is 6.08 Å². The van der Waals surface area contributed by atoms with Gasteiger partial charge >= 0.3 is 0 Å². The standard InChI is InChI=1S/C38H65NO5SSi/c1-25(18-19-31(43-46(13,14)35(6,7)8)27(3)22-30-24-45-29(5)39-30)16-15-17-26(2)33(40)28(4)34(41)36(9,10)32-23-38(20-21-38)44-37(11,12)42-32/h18,22,24,26,28,31-33,40H,15-17,19-21,23H2,1-14H3/b25-18-,27-22+/t26-,28+,31-,32-,33-/m0/s1.